The lowest BCUT2D eigenvalue weighted by Crippen LogP contribution is -2.19. The number of carbonyl (C=O) groups excluding carboxylic acids is 1. The lowest BCUT2D eigenvalue weighted by Gasteiger charge is -2.12. The molecule has 1 N–H and O–H groups in total. The van der Waals surface area contributed by atoms with Gasteiger partial charge in [0.05, 0.1) is 5.56 Å². The molecule has 0 saturated carbocycles. The van der Waals surface area contributed by atoms with Crippen LogP contribution in [0.4, 0.5) is 23.2 Å². The van der Waals surface area contributed by atoms with Crippen molar-refractivity contribution in [3.05, 3.63) is 59.4 Å². The molecule has 0 aliphatic rings. The standard InChI is InChI=1S/C16H10F4N2O2/c17-12-3-1-2-10(6-12)15(23)22-13-4-5-14(11(7-13)8-21)24-9-16(18,19)20/h1-7H,9H2,(H,22,23). The third-order valence-corrected chi connectivity index (χ3v) is 2.84. The Morgan fingerprint density at radius 3 is 2.58 bits per heavy atom. The van der Waals surface area contributed by atoms with E-state index in [4.69, 9.17) is 5.26 Å². The number of halogens is 4. The predicted molar refractivity (Wildman–Crippen MR) is 77.1 cm³/mol. The number of alkyl halides is 3. The highest BCUT2D eigenvalue weighted by molar-refractivity contribution is 6.04. The van der Waals surface area contributed by atoms with Crippen molar-refractivity contribution in [2.45, 2.75) is 6.18 Å². The SMILES string of the molecule is N#Cc1cc(NC(=O)c2cccc(F)c2)ccc1OCC(F)(F)F. The van der Waals surface area contributed by atoms with Crippen LogP contribution in [0, 0.1) is 17.1 Å². The maximum atomic E-state index is 13.1. The van der Waals surface area contributed by atoms with E-state index in [9.17, 15) is 22.4 Å². The number of rotatable bonds is 4. The van der Waals surface area contributed by atoms with Crippen LogP contribution in [-0.2, 0) is 0 Å². The summed E-state index contributed by atoms with van der Waals surface area (Å²) < 4.78 is 54.1. The van der Waals surface area contributed by atoms with Crippen LogP contribution < -0.4 is 10.1 Å². The number of hydrogen-bond acceptors (Lipinski definition) is 3. The fourth-order valence-electron chi connectivity index (χ4n) is 1.81. The molecule has 124 valence electrons. The number of hydrogen-bond donors (Lipinski definition) is 1. The molecule has 0 fully saturated rings. The van der Waals surface area contributed by atoms with Crippen molar-refractivity contribution < 1.29 is 27.1 Å². The van der Waals surface area contributed by atoms with Crippen molar-refractivity contribution in [1.82, 2.24) is 0 Å². The molecule has 0 aliphatic carbocycles. The molecule has 0 aromatic heterocycles. The predicted octanol–water partition coefficient (Wildman–Crippen LogP) is 3.89. The molecular formula is C16H10F4N2O2. The fourth-order valence-corrected chi connectivity index (χ4v) is 1.81. The molecule has 0 unspecified atom stereocenters. The normalized spacial score (nSPS) is 10.8. The van der Waals surface area contributed by atoms with Crippen molar-refractivity contribution in [3.8, 4) is 11.8 Å². The zero-order valence-corrected chi connectivity index (χ0v) is 12.0. The second kappa shape index (κ2) is 7.00. The number of nitrogens with zero attached hydrogens (tertiary/aromatic N) is 1. The number of amides is 1. The van der Waals surface area contributed by atoms with Crippen LogP contribution in [0.3, 0.4) is 0 Å². The van der Waals surface area contributed by atoms with E-state index in [0.717, 1.165) is 12.1 Å². The summed E-state index contributed by atoms with van der Waals surface area (Å²) in [6.45, 7) is -1.53. The van der Waals surface area contributed by atoms with Gasteiger partial charge in [-0.05, 0) is 36.4 Å². The van der Waals surface area contributed by atoms with Gasteiger partial charge in [0.15, 0.2) is 6.61 Å². The Kier molecular flexibility index (Phi) is 5.04. The van der Waals surface area contributed by atoms with E-state index in [1.165, 1.54) is 30.3 Å². The number of nitrogens with one attached hydrogen (secondary N) is 1. The molecule has 0 saturated heterocycles. The summed E-state index contributed by atoms with van der Waals surface area (Å²) in [5.41, 5.74) is 0.0577. The number of nitriles is 1. The smallest absolute Gasteiger partial charge is 0.422 e. The van der Waals surface area contributed by atoms with Crippen LogP contribution in [0.15, 0.2) is 42.5 Å². The van der Waals surface area contributed by atoms with Gasteiger partial charge in [-0.3, -0.25) is 4.79 Å². The van der Waals surface area contributed by atoms with Crippen molar-refractivity contribution in [3.63, 3.8) is 0 Å². The number of carbonyl (C=O) groups is 1. The molecule has 2 aromatic rings. The van der Waals surface area contributed by atoms with Gasteiger partial charge in [0.1, 0.15) is 17.6 Å². The van der Waals surface area contributed by atoms with Gasteiger partial charge in [-0.2, -0.15) is 18.4 Å². The molecular weight excluding hydrogens is 328 g/mol. The number of anilines is 1. The molecule has 1 amide bonds. The summed E-state index contributed by atoms with van der Waals surface area (Å²) in [5, 5.41) is 11.4. The maximum Gasteiger partial charge on any atom is 0.422 e. The van der Waals surface area contributed by atoms with Crippen LogP contribution in [0.2, 0.25) is 0 Å². The van der Waals surface area contributed by atoms with Gasteiger partial charge in [-0.15, -0.1) is 0 Å². The molecule has 2 aromatic carbocycles. The van der Waals surface area contributed by atoms with Crippen molar-refractivity contribution >= 4 is 11.6 Å². The quantitative estimate of drug-likeness (QED) is 0.860. The lowest BCUT2D eigenvalue weighted by atomic mass is 10.1. The van der Waals surface area contributed by atoms with Gasteiger partial charge < -0.3 is 10.1 Å². The summed E-state index contributed by atoms with van der Waals surface area (Å²) in [4.78, 5) is 12.0. The number of ether oxygens (including phenoxy) is 1. The van der Waals surface area contributed by atoms with E-state index in [2.05, 4.69) is 10.1 Å². The van der Waals surface area contributed by atoms with Crippen LogP contribution >= 0.6 is 0 Å². The summed E-state index contributed by atoms with van der Waals surface area (Å²) in [5.74, 6) is -1.46. The van der Waals surface area contributed by atoms with Crippen LogP contribution in [0.1, 0.15) is 15.9 Å². The van der Waals surface area contributed by atoms with E-state index in [1.54, 1.807) is 6.07 Å². The Labute approximate surface area is 134 Å². The van der Waals surface area contributed by atoms with Crippen molar-refractivity contribution in [2.75, 3.05) is 11.9 Å². The Morgan fingerprint density at radius 1 is 1.21 bits per heavy atom. The third-order valence-electron chi connectivity index (χ3n) is 2.84. The van der Waals surface area contributed by atoms with Crippen LogP contribution in [-0.4, -0.2) is 18.7 Å². The van der Waals surface area contributed by atoms with E-state index in [1.807, 2.05) is 0 Å². The average molecular weight is 338 g/mol. The first kappa shape index (κ1) is 17.3. The molecule has 0 radical (unpaired) electrons. The van der Waals surface area contributed by atoms with E-state index >= 15 is 0 Å². The van der Waals surface area contributed by atoms with Gasteiger partial charge in [-0.25, -0.2) is 4.39 Å². The highest BCUT2D eigenvalue weighted by atomic mass is 19.4. The zero-order valence-electron chi connectivity index (χ0n) is 12.0. The van der Waals surface area contributed by atoms with Crippen molar-refractivity contribution in [2.24, 2.45) is 0 Å². The summed E-state index contributed by atoms with van der Waals surface area (Å²) in [7, 11) is 0. The minimum absolute atomic E-state index is 0.0610. The highest BCUT2D eigenvalue weighted by Gasteiger charge is 2.28. The first-order chi connectivity index (χ1) is 11.3. The minimum Gasteiger partial charge on any atom is -0.483 e. The molecule has 0 spiro atoms. The lowest BCUT2D eigenvalue weighted by molar-refractivity contribution is -0.153. The van der Waals surface area contributed by atoms with Crippen molar-refractivity contribution in [1.29, 1.82) is 5.26 Å². The minimum atomic E-state index is -4.53. The largest absolute Gasteiger partial charge is 0.483 e. The maximum absolute atomic E-state index is 13.1. The summed E-state index contributed by atoms with van der Waals surface area (Å²) in [6, 6.07) is 10.2. The van der Waals surface area contributed by atoms with Gasteiger partial charge >= 0.3 is 6.18 Å². The van der Waals surface area contributed by atoms with Gasteiger partial charge in [0, 0.05) is 11.3 Å². The first-order valence-electron chi connectivity index (χ1n) is 6.59. The second-order valence-corrected chi connectivity index (χ2v) is 4.69. The highest BCUT2D eigenvalue weighted by Crippen LogP contribution is 2.25. The van der Waals surface area contributed by atoms with Crippen LogP contribution in [0.25, 0.3) is 0 Å². The molecule has 0 aliphatic heterocycles. The van der Waals surface area contributed by atoms with Crippen LogP contribution in [0.5, 0.6) is 5.75 Å². The van der Waals surface area contributed by atoms with Gasteiger partial charge in [0.25, 0.3) is 5.91 Å². The molecule has 4 nitrogen and oxygen atoms in total. The summed E-state index contributed by atoms with van der Waals surface area (Å²) >= 11 is 0. The Bertz CT molecular complexity index is 797. The molecule has 0 bridgehead atoms. The van der Waals surface area contributed by atoms with E-state index < -0.39 is 24.5 Å². The van der Waals surface area contributed by atoms with E-state index in [-0.39, 0.29) is 22.6 Å². The molecule has 8 heteroatoms. The Balaban J connectivity index is 2.15. The molecule has 24 heavy (non-hydrogen) atoms. The van der Waals surface area contributed by atoms with Gasteiger partial charge in [0.2, 0.25) is 0 Å². The number of benzene rings is 2. The third kappa shape index (κ3) is 4.71. The average Bonchev–Trinajstić information content (AvgIpc) is 2.52. The monoisotopic (exact) mass is 338 g/mol. The molecule has 0 atom stereocenters. The zero-order chi connectivity index (χ0) is 17.7. The Morgan fingerprint density at radius 2 is 1.96 bits per heavy atom. The Hall–Kier alpha value is -3.08. The first-order valence-corrected chi connectivity index (χ1v) is 6.59. The summed E-state index contributed by atoms with van der Waals surface area (Å²) in [6.07, 6.45) is -4.53. The van der Waals surface area contributed by atoms with Gasteiger partial charge in [-0.1, -0.05) is 6.07 Å². The molecule has 2 rings (SSSR count). The fraction of sp³-hybridized carbons (Fsp3) is 0.125. The van der Waals surface area contributed by atoms with E-state index in [0.29, 0.717) is 0 Å². The molecule has 0 heterocycles. The second-order valence-electron chi connectivity index (χ2n) is 4.69. The topological polar surface area (TPSA) is 62.1 Å².